The Balaban J connectivity index is 1.16. The van der Waals surface area contributed by atoms with Crippen molar-refractivity contribution in [1.82, 2.24) is 17.5 Å². The first-order valence-electron chi connectivity index (χ1n) is 17.9. The largest absolute Gasteiger partial charge is 0.172 e. The first-order chi connectivity index (χ1) is 25.0. The van der Waals surface area contributed by atoms with Crippen LogP contribution < -0.4 is 0 Å². The number of benzene rings is 2. The molecule has 0 amide bonds. The van der Waals surface area contributed by atoms with Crippen LogP contribution in [-0.4, -0.2) is 22.7 Å². The normalized spacial score (nSPS) is 12.8. The lowest BCUT2D eigenvalue weighted by molar-refractivity contribution is 0.551. The number of unbranched alkanes of at least 4 members (excludes halogenated alkanes) is 8. The van der Waals surface area contributed by atoms with Crippen molar-refractivity contribution in [3.05, 3.63) is 60.5 Å². The summed E-state index contributed by atoms with van der Waals surface area (Å²) in [5.74, 6) is 0. The molecule has 5 aromatic heterocycles. The van der Waals surface area contributed by atoms with Crippen LogP contribution in [0.1, 0.15) is 101 Å². The van der Waals surface area contributed by atoms with Crippen molar-refractivity contribution in [3.63, 3.8) is 0 Å². The predicted octanol–water partition coefficient (Wildman–Crippen LogP) is 16.2. The summed E-state index contributed by atoms with van der Waals surface area (Å²) in [4.78, 5) is 3.61. The second kappa shape index (κ2) is 18.2. The van der Waals surface area contributed by atoms with E-state index in [2.05, 4.69) is 112 Å². The van der Waals surface area contributed by atoms with Crippen molar-refractivity contribution < 1.29 is 0 Å². The van der Waals surface area contributed by atoms with Gasteiger partial charge in [0, 0.05) is 47.3 Å². The molecule has 0 saturated heterocycles. The molecule has 12 heteroatoms. The van der Waals surface area contributed by atoms with Crippen LogP contribution in [0.15, 0.2) is 54.2 Å². The molecule has 0 radical (unpaired) electrons. The number of aromatic nitrogens is 4. The number of fused-ring (bicyclic) bond motifs is 5. The van der Waals surface area contributed by atoms with Crippen LogP contribution in [0.2, 0.25) is 0 Å². The third kappa shape index (κ3) is 9.07. The van der Waals surface area contributed by atoms with Gasteiger partial charge < -0.3 is 0 Å². The maximum Gasteiger partial charge on any atom is 0.114 e. The summed E-state index contributed by atoms with van der Waals surface area (Å²) in [6.07, 6.45) is 20.4. The van der Waals surface area contributed by atoms with E-state index in [-0.39, 0.29) is 0 Å². The third-order valence-electron chi connectivity index (χ3n) is 9.26. The number of thioether (sulfide) groups is 1. The minimum Gasteiger partial charge on any atom is -0.172 e. The minimum atomic E-state index is 0.684. The molecule has 0 aliphatic rings. The second-order valence-corrected chi connectivity index (χ2v) is 21.6. The van der Waals surface area contributed by atoms with Gasteiger partial charge in [-0.2, -0.15) is 17.5 Å². The van der Waals surface area contributed by atoms with Gasteiger partial charge in [0.2, 0.25) is 0 Å². The van der Waals surface area contributed by atoms with Gasteiger partial charge in [-0.15, -0.1) is 45.8 Å². The summed E-state index contributed by atoms with van der Waals surface area (Å²) in [5.41, 5.74) is 7.24. The van der Waals surface area contributed by atoms with Crippen LogP contribution in [-0.2, 0) is 0 Å². The highest BCUT2D eigenvalue weighted by molar-refractivity contribution is 9.12. The van der Waals surface area contributed by atoms with E-state index in [1.54, 1.807) is 22.7 Å². The first-order valence-corrected chi connectivity index (χ1v) is 24.2. The van der Waals surface area contributed by atoms with Crippen LogP contribution >= 0.6 is 101 Å². The Bertz CT molecular complexity index is 2240. The fourth-order valence-corrected chi connectivity index (χ4v) is 14.1. The molecule has 1 atom stereocenters. The highest BCUT2D eigenvalue weighted by atomic mass is 79.9. The summed E-state index contributed by atoms with van der Waals surface area (Å²) < 4.78 is 23.1. The number of thiophene rings is 3. The van der Waals surface area contributed by atoms with E-state index >= 15 is 0 Å². The number of halogens is 2. The molecule has 0 bridgehead atoms. The lowest BCUT2D eigenvalue weighted by atomic mass is 9.99. The Morgan fingerprint density at radius 3 is 1.82 bits per heavy atom. The monoisotopic (exact) mass is 914 g/mol. The summed E-state index contributed by atoms with van der Waals surface area (Å²) >= 11 is 17.3. The Morgan fingerprint density at radius 1 is 0.627 bits per heavy atom. The minimum absolute atomic E-state index is 0.684. The Hall–Kier alpha value is -1.51. The van der Waals surface area contributed by atoms with Crippen LogP contribution in [0.25, 0.3) is 65.9 Å². The smallest absolute Gasteiger partial charge is 0.114 e. The average molecular weight is 917 g/mol. The molecule has 0 aliphatic carbocycles. The second-order valence-electron chi connectivity index (χ2n) is 12.9. The molecule has 0 saturated carbocycles. The van der Waals surface area contributed by atoms with Crippen molar-refractivity contribution in [2.24, 2.45) is 0 Å². The Morgan fingerprint density at radius 2 is 1.20 bits per heavy atom. The summed E-state index contributed by atoms with van der Waals surface area (Å²) in [7, 11) is 0. The fraction of sp³-hybridized carbons (Fsp3) is 0.385. The van der Waals surface area contributed by atoms with Crippen LogP contribution in [0.3, 0.4) is 0 Å². The summed E-state index contributed by atoms with van der Waals surface area (Å²) in [5, 5.41) is 2.87. The van der Waals surface area contributed by atoms with E-state index in [1.165, 1.54) is 125 Å². The van der Waals surface area contributed by atoms with Gasteiger partial charge in [0.25, 0.3) is 0 Å². The molecule has 5 heterocycles. The topological polar surface area (TPSA) is 51.6 Å². The molecule has 0 aliphatic heterocycles. The zero-order valence-electron chi connectivity index (χ0n) is 28.8. The van der Waals surface area contributed by atoms with Crippen molar-refractivity contribution in [3.8, 4) is 20.9 Å². The van der Waals surface area contributed by atoms with Crippen molar-refractivity contribution in [1.29, 1.82) is 0 Å². The molecule has 4 nitrogen and oxygen atoms in total. The standard InChI is InChI=1S/C39H40Br2N4S6/c1-3-5-7-9-10-12-14-25(13-11-8-6-4-2)47-34-20-19-32(48-34)30-23-28-27(36-38(30)45-51-43-36)22-29(37-35(28)42-50-44-37)31-18-17-26(46-31)16-15-24-21-33(40)49-39(24)41/h15-23,25H,3-14H2,1-2H3/b16-15+. The zero-order chi connectivity index (χ0) is 35.2. The van der Waals surface area contributed by atoms with Crippen LogP contribution in [0.5, 0.6) is 0 Å². The van der Waals surface area contributed by atoms with Crippen LogP contribution in [0.4, 0.5) is 0 Å². The van der Waals surface area contributed by atoms with Gasteiger partial charge >= 0.3 is 0 Å². The van der Waals surface area contributed by atoms with Gasteiger partial charge in [-0.25, -0.2) is 0 Å². The molecular weight excluding hydrogens is 877 g/mol. The third-order valence-corrected chi connectivity index (χ3v) is 16.4. The molecule has 51 heavy (non-hydrogen) atoms. The molecule has 0 N–H and O–H groups in total. The average Bonchev–Trinajstić information content (AvgIpc) is 3.98. The maximum atomic E-state index is 4.87. The molecular formula is C39H40Br2N4S6. The molecule has 7 rings (SSSR count). The van der Waals surface area contributed by atoms with Gasteiger partial charge in [-0.05, 0) is 93.2 Å². The van der Waals surface area contributed by atoms with E-state index < -0.39 is 0 Å². The van der Waals surface area contributed by atoms with E-state index in [1.807, 2.05) is 11.3 Å². The lowest BCUT2D eigenvalue weighted by Crippen LogP contribution is -2.02. The van der Waals surface area contributed by atoms with Crippen molar-refractivity contribution in [2.45, 2.75) is 100 Å². The van der Waals surface area contributed by atoms with Gasteiger partial charge in [0.1, 0.15) is 22.1 Å². The Labute approximate surface area is 342 Å². The number of rotatable bonds is 18. The predicted molar refractivity (Wildman–Crippen MR) is 238 cm³/mol. The molecule has 1 unspecified atom stereocenters. The first kappa shape index (κ1) is 37.8. The fourth-order valence-electron chi connectivity index (χ4n) is 6.56. The van der Waals surface area contributed by atoms with Gasteiger partial charge in [-0.3, -0.25) is 0 Å². The SMILES string of the molecule is CCCCCCCCC(CCCCCC)Sc1ccc(-c2cc3c(cc(-c4ccc(/C=C/c5cc(Br)sc5Br)s4)c4nsnc43)c3nsnc23)s1. The Kier molecular flexibility index (Phi) is 13.5. The molecule has 7 aromatic rings. The van der Waals surface area contributed by atoms with Crippen molar-refractivity contribution in [2.75, 3.05) is 0 Å². The van der Waals surface area contributed by atoms with Gasteiger partial charge in [-0.1, -0.05) is 84.1 Å². The molecule has 0 spiro atoms. The highest BCUT2D eigenvalue weighted by Gasteiger charge is 2.21. The van der Waals surface area contributed by atoms with Gasteiger partial charge in [0.15, 0.2) is 0 Å². The van der Waals surface area contributed by atoms with Crippen molar-refractivity contribution >= 4 is 146 Å². The van der Waals surface area contributed by atoms with E-state index in [0.29, 0.717) is 5.25 Å². The molecule has 0 fully saturated rings. The molecule has 266 valence electrons. The maximum absolute atomic E-state index is 4.87. The summed E-state index contributed by atoms with van der Waals surface area (Å²) in [6.45, 7) is 4.60. The quantitative estimate of drug-likeness (QED) is 0.0634. The van der Waals surface area contributed by atoms with Crippen LogP contribution in [0, 0.1) is 0 Å². The van der Waals surface area contributed by atoms with E-state index in [9.17, 15) is 0 Å². The highest BCUT2D eigenvalue weighted by Crippen LogP contribution is 2.45. The summed E-state index contributed by atoms with van der Waals surface area (Å²) in [6, 6.07) is 15.7. The number of nitrogens with zero attached hydrogens (tertiary/aromatic N) is 4. The zero-order valence-corrected chi connectivity index (χ0v) is 36.8. The lowest BCUT2D eigenvalue weighted by Gasteiger charge is -2.15. The van der Waals surface area contributed by atoms with E-state index in [4.69, 9.17) is 17.5 Å². The molecule has 2 aromatic carbocycles. The number of hydrogen-bond acceptors (Lipinski definition) is 10. The van der Waals surface area contributed by atoms with E-state index in [0.717, 1.165) is 51.5 Å². The number of hydrogen-bond donors (Lipinski definition) is 0. The van der Waals surface area contributed by atoms with Gasteiger partial charge in [0.05, 0.1) is 35.2 Å².